The number of nitrogens with zero attached hydrogens (tertiary/aromatic N) is 1. The molecule has 1 aromatic rings. The zero-order chi connectivity index (χ0) is 15.4. The van der Waals surface area contributed by atoms with E-state index in [0.717, 1.165) is 45.2 Å². The molecule has 2 unspecified atom stereocenters. The number of nitrogens with two attached hydrogens (primary N) is 1. The van der Waals surface area contributed by atoms with E-state index in [1.165, 1.54) is 5.56 Å². The van der Waals surface area contributed by atoms with Gasteiger partial charge in [-0.05, 0) is 37.7 Å². The first-order valence-electron chi connectivity index (χ1n) is 8.42. The Morgan fingerprint density at radius 2 is 1.83 bits per heavy atom. The quantitative estimate of drug-likeness (QED) is 0.918. The number of halogens is 1. The Morgan fingerprint density at radius 1 is 1.13 bits per heavy atom. The summed E-state index contributed by atoms with van der Waals surface area (Å²) in [4.78, 5) is 14.5. The first-order valence-corrected chi connectivity index (χ1v) is 8.42. The molecule has 2 fully saturated rings. The van der Waals surface area contributed by atoms with Crippen molar-refractivity contribution in [2.75, 3.05) is 13.1 Å². The monoisotopic (exact) mass is 338 g/mol. The van der Waals surface area contributed by atoms with Gasteiger partial charge in [0.25, 0.3) is 0 Å². The molecular weight excluding hydrogens is 312 g/mol. The van der Waals surface area contributed by atoms with Crippen LogP contribution in [0.2, 0.25) is 0 Å². The molecule has 23 heavy (non-hydrogen) atoms. The van der Waals surface area contributed by atoms with E-state index in [1.807, 2.05) is 23.1 Å². The molecule has 1 aromatic carbocycles. The van der Waals surface area contributed by atoms with E-state index in [0.29, 0.717) is 12.5 Å². The Kier molecular flexibility index (Phi) is 6.88. The van der Waals surface area contributed by atoms with Gasteiger partial charge in [-0.25, -0.2) is 0 Å². The van der Waals surface area contributed by atoms with Crippen LogP contribution in [-0.4, -0.2) is 36.0 Å². The van der Waals surface area contributed by atoms with Gasteiger partial charge < -0.3 is 15.4 Å². The highest BCUT2D eigenvalue weighted by Gasteiger charge is 2.32. The van der Waals surface area contributed by atoms with Crippen LogP contribution in [0.5, 0.6) is 0 Å². The highest BCUT2D eigenvalue weighted by molar-refractivity contribution is 5.85. The fourth-order valence-electron chi connectivity index (χ4n) is 3.53. The van der Waals surface area contributed by atoms with E-state index >= 15 is 0 Å². The van der Waals surface area contributed by atoms with Crippen LogP contribution in [0, 0.1) is 5.92 Å². The maximum atomic E-state index is 12.5. The molecule has 128 valence electrons. The Hall–Kier alpha value is -1.10. The molecule has 3 rings (SSSR count). The molecule has 1 saturated heterocycles. The first kappa shape index (κ1) is 18.2. The van der Waals surface area contributed by atoms with Crippen LogP contribution < -0.4 is 5.73 Å². The first-order chi connectivity index (χ1) is 10.7. The van der Waals surface area contributed by atoms with Crippen LogP contribution in [0.25, 0.3) is 0 Å². The molecular formula is C18H27ClN2O2. The van der Waals surface area contributed by atoms with Crippen LogP contribution >= 0.6 is 12.4 Å². The van der Waals surface area contributed by atoms with E-state index < -0.39 is 0 Å². The number of rotatable bonds is 4. The number of carbonyl (C=O) groups is 1. The highest BCUT2D eigenvalue weighted by atomic mass is 35.5. The summed E-state index contributed by atoms with van der Waals surface area (Å²) in [7, 11) is 0. The second kappa shape index (κ2) is 8.67. The van der Waals surface area contributed by atoms with Crippen molar-refractivity contribution in [3.05, 3.63) is 35.9 Å². The highest BCUT2D eigenvalue weighted by Crippen LogP contribution is 2.27. The Balaban J connectivity index is 0.00000192. The molecule has 1 heterocycles. The zero-order valence-electron chi connectivity index (χ0n) is 13.5. The largest absolute Gasteiger partial charge is 0.373 e. The standard InChI is InChI=1S/C18H26N2O2.ClH/c19-16-7-6-15(12-16)18(21)20-10-8-17(9-11-20)22-13-14-4-2-1-3-5-14;/h1-5,15-17H,6-13,19H2;1H. The number of carbonyl (C=O) groups excluding carboxylic acids is 1. The summed E-state index contributed by atoms with van der Waals surface area (Å²) in [6.07, 6.45) is 4.98. The van der Waals surface area contributed by atoms with Crippen molar-refractivity contribution in [2.24, 2.45) is 11.7 Å². The maximum absolute atomic E-state index is 12.5. The van der Waals surface area contributed by atoms with Gasteiger partial charge in [0.15, 0.2) is 0 Å². The molecule has 4 nitrogen and oxygen atoms in total. The average molecular weight is 339 g/mol. The molecule has 5 heteroatoms. The summed E-state index contributed by atoms with van der Waals surface area (Å²) in [5.74, 6) is 0.478. The summed E-state index contributed by atoms with van der Waals surface area (Å²) in [6.45, 7) is 2.31. The van der Waals surface area contributed by atoms with Crippen molar-refractivity contribution in [2.45, 2.75) is 50.9 Å². The molecule has 1 amide bonds. The third kappa shape index (κ3) is 4.93. The molecule has 2 atom stereocenters. The van der Waals surface area contributed by atoms with Crippen molar-refractivity contribution in [3.8, 4) is 0 Å². The van der Waals surface area contributed by atoms with Gasteiger partial charge in [-0.15, -0.1) is 12.4 Å². The molecule has 0 bridgehead atoms. The number of ether oxygens (including phenoxy) is 1. The lowest BCUT2D eigenvalue weighted by molar-refractivity contribution is -0.138. The van der Waals surface area contributed by atoms with Gasteiger partial charge in [-0.2, -0.15) is 0 Å². The summed E-state index contributed by atoms with van der Waals surface area (Å²) in [6, 6.07) is 10.5. The SMILES string of the molecule is Cl.NC1CCC(C(=O)N2CCC(OCc3ccccc3)CC2)C1. The van der Waals surface area contributed by atoms with Crippen LogP contribution in [-0.2, 0) is 16.1 Å². The van der Waals surface area contributed by atoms with Crippen molar-refractivity contribution in [1.82, 2.24) is 4.90 Å². The van der Waals surface area contributed by atoms with Gasteiger partial charge in [0.2, 0.25) is 5.91 Å². The second-order valence-corrected chi connectivity index (χ2v) is 6.59. The van der Waals surface area contributed by atoms with Crippen molar-refractivity contribution in [3.63, 3.8) is 0 Å². The van der Waals surface area contributed by atoms with E-state index in [9.17, 15) is 4.79 Å². The lowest BCUT2D eigenvalue weighted by atomic mass is 10.0. The molecule has 1 saturated carbocycles. The predicted molar refractivity (Wildman–Crippen MR) is 93.4 cm³/mol. The van der Waals surface area contributed by atoms with E-state index in [-0.39, 0.29) is 30.5 Å². The van der Waals surface area contributed by atoms with E-state index in [1.54, 1.807) is 0 Å². The van der Waals surface area contributed by atoms with Gasteiger partial charge in [0.1, 0.15) is 0 Å². The Morgan fingerprint density at radius 3 is 2.43 bits per heavy atom. The average Bonchev–Trinajstić information content (AvgIpc) is 3.00. The predicted octanol–water partition coefficient (Wildman–Crippen LogP) is 2.74. The molecule has 0 aromatic heterocycles. The van der Waals surface area contributed by atoms with Crippen LogP contribution in [0.3, 0.4) is 0 Å². The molecule has 1 aliphatic heterocycles. The summed E-state index contributed by atoms with van der Waals surface area (Å²) in [5, 5.41) is 0. The number of piperidine rings is 1. The lowest BCUT2D eigenvalue weighted by Crippen LogP contribution is -2.43. The minimum Gasteiger partial charge on any atom is -0.373 e. The fraction of sp³-hybridized carbons (Fsp3) is 0.611. The molecule has 1 aliphatic carbocycles. The van der Waals surface area contributed by atoms with Gasteiger partial charge in [0.05, 0.1) is 12.7 Å². The minimum atomic E-state index is 0. The van der Waals surface area contributed by atoms with Crippen molar-refractivity contribution >= 4 is 18.3 Å². The number of amides is 1. The normalized spacial score (nSPS) is 25.2. The van der Waals surface area contributed by atoms with Gasteiger partial charge in [-0.1, -0.05) is 30.3 Å². The molecule has 0 spiro atoms. The van der Waals surface area contributed by atoms with Gasteiger partial charge >= 0.3 is 0 Å². The zero-order valence-corrected chi connectivity index (χ0v) is 14.3. The Bertz CT molecular complexity index is 489. The number of benzene rings is 1. The summed E-state index contributed by atoms with van der Waals surface area (Å²) < 4.78 is 5.98. The van der Waals surface area contributed by atoms with Gasteiger partial charge in [-0.3, -0.25) is 4.79 Å². The molecule has 2 N–H and O–H groups in total. The third-order valence-electron chi connectivity index (χ3n) is 4.90. The second-order valence-electron chi connectivity index (χ2n) is 6.59. The number of hydrogen-bond donors (Lipinski definition) is 1. The van der Waals surface area contributed by atoms with E-state index in [4.69, 9.17) is 10.5 Å². The van der Waals surface area contributed by atoms with Crippen molar-refractivity contribution < 1.29 is 9.53 Å². The smallest absolute Gasteiger partial charge is 0.225 e. The van der Waals surface area contributed by atoms with E-state index in [2.05, 4.69) is 12.1 Å². The van der Waals surface area contributed by atoms with Crippen molar-refractivity contribution in [1.29, 1.82) is 0 Å². The topological polar surface area (TPSA) is 55.6 Å². The Labute approximate surface area is 144 Å². The van der Waals surface area contributed by atoms with Crippen LogP contribution in [0.15, 0.2) is 30.3 Å². The maximum Gasteiger partial charge on any atom is 0.225 e. The molecule has 0 radical (unpaired) electrons. The lowest BCUT2D eigenvalue weighted by Gasteiger charge is -2.33. The number of likely N-dealkylation sites (tertiary alicyclic amines) is 1. The minimum absolute atomic E-state index is 0. The van der Waals surface area contributed by atoms with Gasteiger partial charge in [0, 0.05) is 25.0 Å². The molecule has 2 aliphatic rings. The summed E-state index contributed by atoms with van der Waals surface area (Å²) in [5.41, 5.74) is 7.13. The fourth-order valence-corrected chi connectivity index (χ4v) is 3.53. The van der Waals surface area contributed by atoms with Crippen LogP contribution in [0.1, 0.15) is 37.7 Å². The third-order valence-corrected chi connectivity index (χ3v) is 4.90. The van der Waals surface area contributed by atoms with Crippen LogP contribution in [0.4, 0.5) is 0 Å². The summed E-state index contributed by atoms with van der Waals surface area (Å²) >= 11 is 0. The number of hydrogen-bond acceptors (Lipinski definition) is 3.